The number of nitrogens with two attached hydrogens (primary N) is 1. The number of ether oxygens (including phenoxy) is 1. The highest BCUT2D eigenvalue weighted by atomic mass is 19.1. The summed E-state index contributed by atoms with van der Waals surface area (Å²) in [5.41, 5.74) is 8.58. The molecule has 0 amide bonds. The van der Waals surface area contributed by atoms with Crippen molar-refractivity contribution >= 4 is 17.3 Å². The summed E-state index contributed by atoms with van der Waals surface area (Å²) in [5.74, 6) is 1.30. The number of anilines is 3. The van der Waals surface area contributed by atoms with Crippen molar-refractivity contribution in [2.45, 2.75) is 33.0 Å². The first-order chi connectivity index (χ1) is 13.5. The zero-order chi connectivity index (χ0) is 19.7. The summed E-state index contributed by atoms with van der Waals surface area (Å²) in [4.78, 5) is 8.47. The lowest BCUT2D eigenvalue weighted by atomic mass is 10.2. The van der Waals surface area contributed by atoms with Gasteiger partial charge in [-0.25, -0.2) is 14.4 Å². The number of nitrogens with zero attached hydrogens (tertiary/aromatic N) is 4. The van der Waals surface area contributed by atoms with Gasteiger partial charge in [0.25, 0.3) is 0 Å². The number of hydrazine groups is 1. The van der Waals surface area contributed by atoms with Crippen molar-refractivity contribution in [1.29, 1.82) is 0 Å². The van der Waals surface area contributed by atoms with Crippen molar-refractivity contribution in [3.8, 4) is 5.75 Å². The van der Waals surface area contributed by atoms with Gasteiger partial charge < -0.3 is 10.5 Å². The molecule has 0 aliphatic carbocycles. The molecule has 2 aromatic carbocycles. The molecule has 0 fully saturated rings. The van der Waals surface area contributed by atoms with Gasteiger partial charge in [-0.3, -0.25) is 10.0 Å². The van der Waals surface area contributed by atoms with Gasteiger partial charge in [-0.1, -0.05) is 30.3 Å². The molecule has 0 bridgehead atoms. The van der Waals surface area contributed by atoms with E-state index in [4.69, 9.17) is 10.5 Å². The molecule has 1 aliphatic heterocycles. The van der Waals surface area contributed by atoms with E-state index in [2.05, 4.69) is 9.97 Å². The number of fused-ring (bicyclic) bond motifs is 1. The normalized spacial score (nSPS) is 13.1. The highest BCUT2D eigenvalue weighted by molar-refractivity contribution is 5.69. The molecule has 0 radical (unpaired) electrons. The van der Waals surface area contributed by atoms with Gasteiger partial charge in [0.15, 0.2) is 5.82 Å². The zero-order valence-corrected chi connectivity index (χ0v) is 15.8. The third-order valence-electron chi connectivity index (χ3n) is 4.63. The van der Waals surface area contributed by atoms with E-state index < -0.39 is 0 Å². The first-order valence-corrected chi connectivity index (χ1v) is 9.16. The van der Waals surface area contributed by atoms with Gasteiger partial charge in [0.2, 0.25) is 0 Å². The molecule has 6 nitrogen and oxygen atoms in total. The topological polar surface area (TPSA) is 67.5 Å². The van der Waals surface area contributed by atoms with Crippen LogP contribution in [-0.2, 0) is 13.2 Å². The van der Waals surface area contributed by atoms with E-state index in [0.29, 0.717) is 30.4 Å². The van der Waals surface area contributed by atoms with Crippen LogP contribution in [-0.4, -0.2) is 16.0 Å². The van der Waals surface area contributed by atoms with Crippen LogP contribution in [0.5, 0.6) is 5.75 Å². The fourth-order valence-electron chi connectivity index (χ4n) is 3.37. The second-order valence-corrected chi connectivity index (χ2v) is 6.98. The maximum absolute atomic E-state index is 14.4. The van der Waals surface area contributed by atoms with Crippen LogP contribution in [0.1, 0.15) is 25.0 Å². The molecule has 0 atom stereocenters. The summed E-state index contributed by atoms with van der Waals surface area (Å²) in [6, 6.07) is 14.6. The number of hydrogen-bond donors (Lipinski definition) is 1. The Kier molecular flexibility index (Phi) is 4.73. The second kappa shape index (κ2) is 7.34. The van der Waals surface area contributed by atoms with E-state index in [9.17, 15) is 4.39 Å². The molecule has 0 saturated carbocycles. The lowest BCUT2D eigenvalue weighted by Gasteiger charge is -2.34. The quantitative estimate of drug-likeness (QED) is 0.725. The highest BCUT2D eigenvalue weighted by Gasteiger charge is 2.33. The molecule has 144 valence electrons. The van der Waals surface area contributed by atoms with Crippen LogP contribution >= 0.6 is 0 Å². The number of halogens is 1. The lowest BCUT2D eigenvalue weighted by Crippen LogP contribution is -2.43. The van der Waals surface area contributed by atoms with E-state index in [1.165, 1.54) is 18.5 Å². The maximum Gasteiger partial charge on any atom is 0.158 e. The zero-order valence-electron chi connectivity index (χ0n) is 15.8. The molecule has 0 unspecified atom stereocenters. The van der Waals surface area contributed by atoms with Crippen molar-refractivity contribution in [2.75, 3.05) is 15.8 Å². The maximum atomic E-state index is 14.4. The van der Waals surface area contributed by atoms with Crippen LogP contribution in [0.25, 0.3) is 0 Å². The minimum Gasteiger partial charge on any atom is -0.489 e. The molecule has 2 N–H and O–H groups in total. The average Bonchev–Trinajstić information content (AvgIpc) is 3.08. The SMILES string of the molecule is CC(C)N1c2ncnc(N)c2CN1c1cc(F)cc(OCc2ccccc2)c1. The standard InChI is InChI=1S/C21H22FN5O/c1-14(2)27-21-19(20(23)24-13-25-21)11-26(27)17-8-16(22)9-18(10-17)28-12-15-6-4-3-5-7-15/h3-10,13-14H,11-12H2,1-2H3,(H2,23,24,25). The van der Waals surface area contributed by atoms with Crippen LogP contribution < -0.4 is 20.5 Å². The minimum atomic E-state index is -0.362. The second-order valence-electron chi connectivity index (χ2n) is 6.98. The number of aromatic nitrogens is 2. The van der Waals surface area contributed by atoms with Crippen LogP contribution in [0, 0.1) is 5.82 Å². The predicted octanol–water partition coefficient (Wildman–Crippen LogP) is 3.93. The van der Waals surface area contributed by atoms with Crippen LogP contribution in [0.3, 0.4) is 0 Å². The number of rotatable bonds is 5. The third-order valence-corrected chi connectivity index (χ3v) is 4.63. The predicted molar refractivity (Wildman–Crippen MR) is 107 cm³/mol. The van der Waals surface area contributed by atoms with Crippen molar-refractivity contribution in [1.82, 2.24) is 9.97 Å². The first kappa shape index (κ1) is 18.0. The minimum absolute atomic E-state index is 0.104. The molecule has 1 aliphatic rings. The summed E-state index contributed by atoms with van der Waals surface area (Å²) >= 11 is 0. The number of hydrogen-bond acceptors (Lipinski definition) is 6. The molecule has 3 aromatic rings. The Balaban J connectivity index is 1.63. The molecule has 28 heavy (non-hydrogen) atoms. The first-order valence-electron chi connectivity index (χ1n) is 9.16. The summed E-state index contributed by atoms with van der Waals surface area (Å²) < 4.78 is 20.2. The van der Waals surface area contributed by atoms with E-state index in [0.717, 1.165) is 16.9 Å². The van der Waals surface area contributed by atoms with Crippen molar-refractivity contribution < 1.29 is 9.13 Å². The van der Waals surface area contributed by atoms with Crippen LogP contribution in [0.15, 0.2) is 54.9 Å². The smallest absolute Gasteiger partial charge is 0.158 e. The Morgan fingerprint density at radius 2 is 1.93 bits per heavy atom. The van der Waals surface area contributed by atoms with Crippen molar-refractivity contribution in [3.05, 3.63) is 71.8 Å². The molecule has 1 aromatic heterocycles. The average molecular weight is 379 g/mol. The van der Waals surface area contributed by atoms with Crippen molar-refractivity contribution in [2.24, 2.45) is 0 Å². The third kappa shape index (κ3) is 3.43. The number of benzene rings is 2. The Bertz CT molecular complexity index is 980. The van der Waals surface area contributed by atoms with Gasteiger partial charge >= 0.3 is 0 Å². The Morgan fingerprint density at radius 3 is 2.68 bits per heavy atom. The molecule has 0 saturated heterocycles. The van der Waals surface area contributed by atoms with Crippen LogP contribution in [0.4, 0.5) is 21.7 Å². The summed E-state index contributed by atoms with van der Waals surface area (Å²) in [7, 11) is 0. The van der Waals surface area contributed by atoms with Gasteiger partial charge in [-0.05, 0) is 25.5 Å². The summed E-state index contributed by atoms with van der Waals surface area (Å²) in [5, 5.41) is 3.96. The fourth-order valence-corrected chi connectivity index (χ4v) is 3.37. The Hall–Kier alpha value is -3.35. The number of nitrogen functional groups attached to an aromatic ring is 1. The van der Waals surface area contributed by atoms with E-state index in [-0.39, 0.29) is 11.9 Å². The van der Waals surface area contributed by atoms with Gasteiger partial charge in [-0.15, -0.1) is 0 Å². The molecular formula is C21H22FN5O. The Morgan fingerprint density at radius 1 is 1.14 bits per heavy atom. The van der Waals surface area contributed by atoms with E-state index in [1.54, 1.807) is 0 Å². The molecule has 4 rings (SSSR count). The largest absolute Gasteiger partial charge is 0.489 e. The molecule has 2 heterocycles. The fraction of sp³-hybridized carbons (Fsp3) is 0.238. The Labute approximate surface area is 163 Å². The summed E-state index contributed by atoms with van der Waals surface area (Å²) in [6.45, 7) is 4.94. The summed E-state index contributed by atoms with van der Waals surface area (Å²) in [6.07, 6.45) is 1.45. The molecule has 0 spiro atoms. The lowest BCUT2D eigenvalue weighted by molar-refractivity contribution is 0.304. The monoisotopic (exact) mass is 379 g/mol. The van der Waals surface area contributed by atoms with Gasteiger partial charge in [0, 0.05) is 18.2 Å². The van der Waals surface area contributed by atoms with Gasteiger partial charge in [0.05, 0.1) is 17.8 Å². The van der Waals surface area contributed by atoms with Crippen LogP contribution in [0.2, 0.25) is 0 Å². The molecule has 7 heteroatoms. The van der Waals surface area contributed by atoms with Crippen molar-refractivity contribution in [3.63, 3.8) is 0 Å². The molecular weight excluding hydrogens is 357 g/mol. The van der Waals surface area contributed by atoms with E-state index >= 15 is 0 Å². The highest BCUT2D eigenvalue weighted by Crippen LogP contribution is 2.38. The van der Waals surface area contributed by atoms with E-state index in [1.807, 2.05) is 60.3 Å². The van der Waals surface area contributed by atoms with Gasteiger partial charge in [-0.2, -0.15) is 0 Å². The van der Waals surface area contributed by atoms with Gasteiger partial charge in [0.1, 0.15) is 30.3 Å².